The fraction of sp³-hybridized carbons (Fsp3) is 0.391. The minimum atomic E-state index is -0.985. The fourth-order valence-electron chi connectivity index (χ4n) is 3.57. The lowest BCUT2D eigenvalue weighted by molar-refractivity contribution is -0.134. The van der Waals surface area contributed by atoms with Crippen LogP contribution in [-0.4, -0.2) is 18.6 Å². The van der Waals surface area contributed by atoms with Gasteiger partial charge in [-0.25, -0.2) is 0 Å². The Morgan fingerprint density at radius 3 is 2.45 bits per heavy atom. The topological polar surface area (TPSA) is 76.7 Å². The van der Waals surface area contributed by atoms with Gasteiger partial charge < -0.3 is 20.1 Å². The summed E-state index contributed by atoms with van der Waals surface area (Å²) >= 11 is 0. The first-order valence-electron chi connectivity index (χ1n) is 9.87. The van der Waals surface area contributed by atoms with Crippen LogP contribution in [0.3, 0.4) is 0 Å². The van der Waals surface area contributed by atoms with Gasteiger partial charge in [0.1, 0.15) is 5.41 Å². The van der Waals surface area contributed by atoms with Crippen molar-refractivity contribution in [3.63, 3.8) is 0 Å². The lowest BCUT2D eigenvalue weighted by Crippen LogP contribution is -2.40. The molecular weight excluding hydrogens is 368 g/mol. The Morgan fingerprint density at radius 1 is 1.00 bits per heavy atom. The van der Waals surface area contributed by atoms with Crippen molar-refractivity contribution in [2.45, 2.75) is 45.6 Å². The second kappa shape index (κ2) is 7.10. The normalized spacial score (nSPS) is 16.2. The number of ether oxygens (including phenoxy) is 2. The van der Waals surface area contributed by atoms with E-state index in [4.69, 9.17) is 9.47 Å². The third-order valence-electron chi connectivity index (χ3n) is 5.49. The molecule has 2 aliphatic rings. The second-order valence-corrected chi connectivity index (χ2v) is 8.70. The molecule has 6 heteroatoms. The first-order valence-corrected chi connectivity index (χ1v) is 9.87. The van der Waals surface area contributed by atoms with Gasteiger partial charge in [0.15, 0.2) is 11.5 Å². The van der Waals surface area contributed by atoms with E-state index in [1.54, 1.807) is 0 Å². The summed E-state index contributed by atoms with van der Waals surface area (Å²) in [6.45, 7) is 6.85. The Labute approximate surface area is 170 Å². The standard InChI is InChI=1S/C23H26N2O4/c1-22(2,3)16-6-4-5-7-17(16)25-21(27)23(10-11-23)20(26)24-13-15-8-9-18-19(12-15)29-14-28-18/h4-9,12H,10-11,13-14H2,1-3H3,(H,24,26)(H,25,27). The van der Waals surface area contributed by atoms with Gasteiger partial charge in [0.25, 0.3) is 0 Å². The molecule has 0 aromatic heterocycles. The van der Waals surface area contributed by atoms with E-state index >= 15 is 0 Å². The molecule has 2 N–H and O–H groups in total. The Balaban J connectivity index is 1.42. The van der Waals surface area contributed by atoms with Crippen molar-refractivity contribution in [2.75, 3.05) is 12.1 Å². The highest BCUT2D eigenvalue weighted by Gasteiger charge is 2.56. The van der Waals surface area contributed by atoms with Crippen LogP contribution in [-0.2, 0) is 21.5 Å². The van der Waals surface area contributed by atoms with Crippen LogP contribution >= 0.6 is 0 Å². The molecule has 4 rings (SSSR count). The highest BCUT2D eigenvalue weighted by atomic mass is 16.7. The average molecular weight is 394 g/mol. The summed E-state index contributed by atoms with van der Waals surface area (Å²) in [4.78, 5) is 25.8. The molecule has 2 amide bonds. The lowest BCUT2D eigenvalue weighted by atomic mass is 9.85. The molecule has 0 radical (unpaired) electrons. The molecule has 2 aromatic rings. The van der Waals surface area contributed by atoms with Gasteiger partial charge in [0.2, 0.25) is 18.6 Å². The minimum Gasteiger partial charge on any atom is -0.454 e. The first-order chi connectivity index (χ1) is 13.8. The molecule has 29 heavy (non-hydrogen) atoms. The molecule has 152 valence electrons. The molecule has 1 aliphatic heterocycles. The van der Waals surface area contributed by atoms with E-state index < -0.39 is 5.41 Å². The van der Waals surface area contributed by atoms with E-state index in [2.05, 4.69) is 31.4 Å². The molecule has 6 nitrogen and oxygen atoms in total. The van der Waals surface area contributed by atoms with Gasteiger partial charge >= 0.3 is 0 Å². The first kappa shape index (κ1) is 19.3. The van der Waals surface area contributed by atoms with Crippen molar-refractivity contribution in [3.05, 3.63) is 53.6 Å². The summed E-state index contributed by atoms with van der Waals surface area (Å²) in [6, 6.07) is 13.3. The molecular formula is C23H26N2O4. The largest absolute Gasteiger partial charge is 0.454 e. The van der Waals surface area contributed by atoms with E-state index in [1.165, 1.54) is 0 Å². The molecule has 2 aromatic carbocycles. The monoisotopic (exact) mass is 394 g/mol. The summed E-state index contributed by atoms with van der Waals surface area (Å²) in [5, 5.41) is 5.90. The van der Waals surface area contributed by atoms with Crippen LogP contribution in [0.25, 0.3) is 0 Å². The van der Waals surface area contributed by atoms with E-state index in [0.29, 0.717) is 30.9 Å². The Morgan fingerprint density at radius 2 is 1.72 bits per heavy atom. The molecule has 1 heterocycles. The zero-order valence-corrected chi connectivity index (χ0v) is 17.0. The average Bonchev–Trinajstić information content (AvgIpc) is 3.37. The van der Waals surface area contributed by atoms with Gasteiger partial charge in [0.05, 0.1) is 0 Å². The van der Waals surface area contributed by atoms with Crippen LogP contribution in [0.2, 0.25) is 0 Å². The zero-order chi connectivity index (χ0) is 20.6. The third kappa shape index (κ3) is 3.79. The Kier molecular flexibility index (Phi) is 4.73. The van der Waals surface area contributed by atoms with Crippen molar-refractivity contribution >= 4 is 17.5 Å². The highest BCUT2D eigenvalue weighted by Crippen LogP contribution is 2.47. The van der Waals surface area contributed by atoms with Crippen LogP contribution in [0.5, 0.6) is 11.5 Å². The number of hydrogen-bond donors (Lipinski definition) is 2. The fourth-order valence-corrected chi connectivity index (χ4v) is 3.57. The van der Waals surface area contributed by atoms with E-state index in [0.717, 1.165) is 16.8 Å². The predicted molar refractivity (Wildman–Crippen MR) is 110 cm³/mol. The molecule has 1 fully saturated rings. The van der Waals surface area contributed by atoms with Gasteiger partial charge in [-0.2, -0.15) is 0 Å². The summed E-state index contributed by atoms with van der Waals surface area (Å²) < 4.78 is 10.7. The molecule has 0 spiro atoms. The zero-order valence-electron chi connectivity index (χ0n) is 17.0. The van der Waals surface area contributed by atoms with Crippen molar-refractivity contribution < 1.29 is 19.1 Å². The van der Waals surface area contributed by atoms with Crippen LogP contribution in [0.1, 0.15) is 44.7 Å². The molecule has 0 saturated heterocycles. The number of para-hydroxylation sites is 1. The summed E-state index contributed by atoms with van der Waals surface area (Å²) in [6.07, 6.45) is 1.12. The number of carbonyl (C=O) groups excluding carboxylic acids is 2. The number of anilines is 1. The number of nitrogens with one attached hydrogen (secondary N) is 2. The van der Waals surface area contributed by atoms with Gasteiger partial charge in [0, 0.05) is 12.2 Å². The predicted octanol–water partition coefficient (Wildman–Crippen LogP) is 3.75. The minimum absolute atomic E-state index is 0.109. The van der Waals surface area contributed by atoms with Crippen molar-refractivity contribution in [1.82, 2.24) is 5.32 Å². The summed E-state index contributed by atoms with van der Waals surface area (Å²) in [5.74, 6) is 0.906. The molecule has 1 aliphatic carbocycles. The van der Waals surface area contributed by atoms with Crippen LogP contribution in [0, 0.1) is 5.41 Å². The van der Waals surface area contributed by atoms with Gasteiger partial charge in [-0.3, -0.25) is 9.59 Å². The number of benzene rings is 2. The maximum Gasteiger partial charge on any atom is 0.240 e. The van der Waals surface area contributed by atoms with E-state index in [9.17, 15) is 9.59 Å². The van der Waals surface area contributed by atoms with Crippen LogP contribution in [0.15, 0.2) is 42.5 Å². The highest BCUT2D eigenvalue weighted by molar-refractivity contribution is 6.13. The van der Waals surface area contributed by atoms with Crippen LogP contribution in [0.4, 0.5) is 5.69 Å². The molecule has 1 saturated carbocycles. The van der Waals surface area contributed by atoms with Crippen molar-refractivity contribution in [2.24, 2.45) is 5.41 Å². The third-order valence-corrected chi connectivity index (χ3v) is 5.49. The SMILES string of the molecule is CC(C)(C)c1ccccc1NC(=O)C1(C(=O)NCc2ccc3c(c2)OCO3)CC1. The quantitative estimate of drug-likeness (QED) is 0.758. The number of rotatable bonds is 5. The van der Waals surface area contributed by atoms with Crippen molar-refractivity contribution in [3.8, 4) is 11.5 Å². The van der Waals surface area contributed by atoms with Gasteiger partial charge in [-0.1, -0.05) is 45.0 Å². The van der Waals surface area contributed by atoms with Crippen molar-refractivity contribution in [1.29, 1.82) is 0 Å². The van der Waals surface area contributed by atoms with E-state index in [1.807, 2.05) is 42.5 Å². The molecule has 0 atom stereocenters. The Bertz CT molecular complexity index is 958. The summed E-state index contributed by atoms with van der Waals surface area (Å²) in [5.41, 5.74) is 1.62. The lowest BCUT2D eigenvalue weighted by Gasteiger charge is -2.24. The maximum atomic E-state index is 13.0. The molecule has 0 unspecified atom stereocenters. The number of hydrogen-bond acceptors (Lipinski definition) is 4. The smallest absolute Gasteiger partial charge is 0.240 e. The number of amides is 2. The van der Waals surface area contributed by atoms with Gasteiger partial charge in [-0.05, 0) is 47.6 Å². The van der Waals surface area contributed by atoms with E-state index in [-0.39, 0.29) is 24.0 Å². The van der Waals surface area contributed by atoms with Crippen LogP contribution < -0.4 is 20.1 Å². The maximum absolute atomic E-state index is 13.0. The summed E-state index contributed by atoms with van der Waals surface area (Å²) in [7, 11) is 0. The number of carbonyl (C=O) groups is 2. The van der Waals surface area contributed by atoms with Gasteiger partial charge in [-0.15, -0.1) is 0 Å². The Hall–Kier alpha value is -3.02. The molecule has 0 bridgehead atoms. The number of fused-ring (bicyclic) bond motifs is 1. The second-order valence-electron chi connectivity index (χ2n) is 8.70.